The molecule has 7 nitrogen and oxygen atoms in total. The van der Waals surface area contributed by atoms with Crippen molar-refractivity contribution >= 4 is 28.4 Å². The molecule has 4 aromatic rings. The number of furan rings is 1. The lowest BCUT2D eigenvalue weighted by Crippen LogP contribution is -2.29. The molecule has 35 heavy (non-hydrogen) atoms. The number of nitrogens with one attached hydrogen (secondary N) is 1. The third-order valence-corrected chi connectivity index (χ3v) is 6.16. The van der Waals surface area contributed by atoms with Crippen molar-refractivity contribution in [3.8, 4) is 5.75 Å². The molecule has 2 aromatic heterocycles. The number of aryl methyl sites for hydroxylation is 1. The van der Waals surface area contributed by atoms with Gasteiger partial charge in [0, 0.05) is 27.7 Å². The second-order valence-electron chi connectivity index (χ2n) is 8.91. The van der Waals surface area contributed by atoms with E-state index in [1.54, 1.807) is 36.4 Å². The fourth-order valence-electron chi connectivity index (χ4n) is 4.68. The van der Waals surface area contributed by atoms with Crippen LogP contribution in [0.4, 0.5) is 0 Å². The number of H-pyrrole nitrogens is 1. The first-order valence-electron chi connectivity index (χ1n) is 11.5. The Morgan fingerprint density at radius 3 is 2.51 bits per heavy atom. The molecule has 2 aromatic carbocycles. The number of carbonyl (C=O) groups excluding carboxylic acids is 2. The zero-order valence-electron chi connectivity index (χ0n) is 19.7. The van der Waals surface area contributed by atoms with Crippen LogP contribution in [0.15, 0.2) is 76.9 Å². The lowest BCUT2D eigenvalue weighted by molar-refractivity contribution is -0.140. The summed E-state index contributed by atoms with van der Waals surface area (Å²) < 4.78 is 11.2. The average Bonchev–Trinajstić information content (AvgIpc) is 3.52. The first kappa shape index (κ1) is 22.5. The predicted molar refractivity (Wildman–Crippen MR) is 132 cm³/mol. The van der Waals surface area contributed by atoms with Gasteiger partial charge in [0.05, 0.1) is 30.5 Å². The minimum absolute atomic E-state index is 0.00576. The van der Waals surface area contributed by atoms with E-state index in [1.807, 2.05) is 45.0 Å². The summed E-state index contributed by atoms with van der Waals surface area (Å²) in [5.74, 6) is -0.442. The molecule has 0 radical (unpaired) electrons. The van der Waals surface area contributed by atoms with Crippen LogP contribution in [0.5, 0.6) is 5.75 Å². The van der Waals surface area contributed by atoms with Gasteiger partial charge in [0.1, 0.15) is 17.3 Å². The summed E-state index contributed by atoms with van der Waals surface area (Å²) >= 11 is 0. The van der Waals surface area contributed by atoms with Gasteiger partial charge in [-0.2, -0.15) is 0 Å². The number of rotatable bonds is 6. The van der Waals surface area contributed by atoms with E-state index in [2.05, 4.69) is 4.98 Å². The molecule has 0 spiro atoms. The van der Waals surface area contributed by atoms with Gasteiger partial charge in [-0.05, 0) is 63.2 Å². The summed E-state index contributed by atoms with van der Waals surface area (Å²) in [7, 11) is 0. The molecule has 0 aliphatic carbocycles. The van der Waals surface area contributed by atoms with Crippen LogP contribution in [0.1, 0.15) is 42.5 Å². The van der Waals surface area contributed by atoms with E-state index in [0.717, 1.165) is 22.2 Å². The largest absolute Gasteiger partial charge is 0.507 e. The molecule has 3 heterocycles. The maximum absolute atomic E-state index is 13.3. The highest BCUT2D eigenvalue weighted by atomic mass is 16.5. The maximum atomic E-state index is 13.3. The molecule has 1 atom stereocenters. The number of likely N-dealkylation sites (tertiary alicyclic amines) is 1. The molecule has 0 saturated carbocycles. The van der Waals surface area contributed by atoms with Crippen molar-refractivity contribution in [2.24, 2.45) is 0 Å². The van der Waals surface area contributed by atoms with Gasteiger partial charge in [0.15, 0.2) is 0 Å². The number of aromatic nitrogens is 1. The van der Waals surface area contributed by atoms with Crippen molar-refractivity contribution in [3.05, 3.63) is 95.1 Å². The Morgan fingerprint density at radius 1 is 1.09 bits per heavy atom. The lowest BCUT2D eigenvalue weighted by Gasteiger charge is -2.25. The number of aliphatic hydroxyl groups is 1. The second kappa shape index (κ2) is 8.83. The summed E-state index contributed by atoms with van der Waals surface area (Å²) in [6.07, 6.45) is 1.53. The number of ketones is 1. The highest BCUT2D eigenvalue weighted by Crippen LogP contribution is 2.44. The average molecular weight is 471 g/mol. The van der Waals surface area contributed by atoms with E-state index in [1.165, 1.54) is 11.2 Å². The Labute approximate surface area is 202 Å². The fraction of sp³-hybridized carbons (Fsp3) is 0.214. The molecule has 2 N–H and O–H groups in total. The van der Waals surface area contributed by atoms with Crippen LogP contribution in [0.2, 0.25) is 0 Å². The quantitative estimate of drug-likeness (QED) is 0.221. The normalized spacial score (nSPS) is 17.6. The number of benzene rings is 2. The molecule has 5 rings (SSSR count). The Kier molecular flexibility index (Phi) is 5.68. The molecule has 1 aliphatic rings. The fourth-order valence-corrected chi connectivity index (χ4v) is 4.68. The van der Waals surface area contributed by atoms with Gasteiger partial charge in [-0.3, -0.25) is 9.59 Å². The first-order valence-corrected chi connectivity index (χ1v) is 11.5. The SMILES string of the molecule is Cc1[nH]c2ccccc2c1C1/C(=C(\O)c2ccc(OC(C)C)cc2)C(=O)C(=O)N1Cc1ccco1. The van der Waals surface area contributed by atoms with E-state index < -0.39 is 17.7 Å². The zero-order chi connectivity index (χ0) is 24.7. The van der Waals surface area contributed by atoms with Crippen LogP contribution < -0.4 is 4.74 Å². The van der Waals surface area contributed by atoms with Gasteiger partial charge in [0.25, 0.3) is 11.7 Å². The third kappa shape index (κ3) is 3.99. The number of ether oxygens (including phenoxy) is 1. The van der Waals surface area contributed by atoms with Crippen molar-refractivity contribution in [1.82, 2.24) is 9.88 Å². The summed E-state index contributed by atoms with van der Waals surface area (Å²) in [5.41, 5.74) is 2.95. The molecule has 1 fully saturated rings. The van der Waals surface area contributed by atoms with Gasteiger partial charge >= 0.3 is 0 Å². The highest BCUT2D eigenvalue weighted by molar-refractivity contribution is 6.46. The van der Waals surface area contributed by atoms with Crippen LogP contribution in [0.25, 0.3) is 16.7 Å². The van der Waals surface area contributed by atoms with Crippen molar-refractivity contribution < 1.29 is 23.8 Å². The number of para-hydroxylation sites is 1. The molecular formula is C28H26N2O5. The Balaban J connectivity index is 1.68. The number of amides is 1. The van der Waals surface area contributed by atoms with Gasteiger partial charge in [0.2, 0.25) is 0 Å². The molecule has 7 heteroatoms. The van der Waals surface area contributed by atoms with Crippen molar-refractivity contribution in [1.29, 1.82) is 0 Å². The summed E-state index contributed by atoms with van der Waals surface area (Å²) in [5, 5.41) is 12.2. The predicted octanol–water partition coefficient (Wildman–Crippen LogP) is 5.48. The maximum Gasteiger partial charge on any atom is 0.296 e. The van der Waals surface area contributed by atoms with E-state index in [-0.39, 0.29) is 24.0 Å². The molecule has 1 unspecified atom stereocenters. The van der Waals surface area contributed by atoms with Gasteiger partial charge in [-0.15, -0.1) is 0 Å². The summed E-state index contributed by atoms with van der Waals surface area (Å²) in [6.45, 7) is 5.86. The molecule has 0 bridgehead atoms. The monoisotopic (exact) mass is 470 g/mol. The van der Waals surface area contributed by atoms with E-state index in [9.17, 15) is 14.7 Å². The van der Waals surface area contributed by atoms with Gasteiger partial charge in [-0.1, -0.05) is 18.2 Å². The smallest absolute Gasteiger partial charge is 0.296 e. The molecule has 178 valence electrons. The number of aliphatic hydroxyl groups excluding tert-OH is 1. The molecule has 1 aliphatic heterocycles. The van der Waals surface area contributed by atoms with E-state index in [4.69, 9.17) is 9.15 Å². The minimum atomic E-state index is -0.789. The van der Waals surface area contributed by atoms with Gasteiger partial charge < -0.3 is 24.1 Å². The highest BCUT2D eigenvalue weighted by Gasteiger charge is 2.47. The van der Waals surface area contributed by atoms with Crippen LogP contribution in [0, 0.1) is 6.92 Å². The Hall–Kier alpha value is -4.26. The van der Waals surface area contributed by atoms with Crippen molar-refractivity contribution in [2.75, 3.05) is 0 Å². The van der Waals surface area contributed by atoms with Crippen molar-refractivity contribution in [3.63, 3.8) is 0 Å². The van der Waals surface area contributed by atoms with Crippen molar-refractivity contribution in [2.45, 2.75) is 39.5 Å². The second-order valence-corrected chi connectivity index (χ2v) is 8.91. The topological polar surface area (TPSA) is 95.8 Å². The number of Topliss-reactive ketones (excluding diaryl/α,β-unsaturated/α-hetero) is 1. The van der Waals surface area contributed by atoms with E-state index >= 15 is 0 Å². The first-order chi connectivity index (χ1) is 16.8. The standard InChI is InChI=1S/C28H26N2O5/c1-16(2)35-19-12-10-18(11-13-19)26(31)24-25(23-17(3)29-22-9-5-4-8-21(22)23)30(28(33)27(24)32)15-20-7-6-14-34-20/h4-14,16,25,29,31H,15H2,1-3H3/b26-24+. The van der Waals surface area contributed by atoms with Gasteiger partial charge in [-0.25, -0.2) is 0 Å². The lowest BCUT2D eigenvalue weighted by atomic mass is 9.93. The molecule has 1 amide bonds. The van der Waals surface area contributed by atoms with Crippen LogP contribution in [0.3, 0.4) is 0 Å². The summed E-state index contributed by atoms with van der Waals surface area (Å²) in [6, 6.07) is 17.3. The Bertz CT molecular complexity index is 1430. The molecular weight excluding hydrogens is 444 g/mol. The van der Waals surface area contributed by atoms with Crippen LogP contribution in [-0.2, 0) is 16.1 Å². The molecule has 1 saturated heterocycles. The number of fused-ring (bicyclic) bond motifs is 1. The third-order valence-electron chi connectivity index (χ3n) is 6.16. The summed E-state index contributed by atoms with van der Waals surface area (Å²) in [4.78, 5) is 31.4. The minimum Gasteiger partial charge on any atom is -0.507 e. The van der Waals surface area contributed by atoms with E-state index in [0.29, 0.717) is 17.1 Å². The number of aromatic amines is 1. The van der Waals surface area contributed by atoms with Crippen LogP contribution in [-0.4, -0.2) is 32.8 Å². The number of hydrogen-bond donors (Lipinski definition) is 2. The number of carbonyl (C=O) groups is 2. The van der Waals surface area contributed by atoms with Crippen LogP contribution >= 0.6 is 0 Å². The zero-order valence-corrected chi connectivity index (χ0v) is 19.7. The number of nitrogens with zero attached hydrogens (tertiary/aromatic N) is 1. The number of hydrogen-bond acceptors (Lipinski definition) is 5. The Morgan fingerprint density at radius 2 is 1.83 bits per heavy atom.